The molecule has 0 saturated carbocycles. The third-order valence-corrected chi connectivity index (χ3v) is 3.13. The van der Waals surface area contributed by atoms with Crippen molar-refractivity contribution in [3.05, 3.63) is 28.0 Å². The Kier molecular flexibility index (Phi) is 6.84. The first-order valence-corrected chi connectivity index (χ1v) is 6.87. The van der Waals surface area contributed by atoms with Crippen molar-refractivity contribution in [3.8, 4) is 0 Å². The third-order valence-electron chi connectivity index (χ3n) is 2.23. The van der Waals surface area contributed by atoms with Crippen LogP contribution < -0.4 is 5.32 Å². The summed E-state index contributed by atoms with van der Waals surface area (Å²) in [6.07, 6.45) is 3.30. The van der Waals surface area contributed by atoms with Gasteiger partial charge in [0, 0.05) is 36.1 Å². The standard InChI is InChI=1S/C13H17NO4S/c1-2-18-7-3-6-14-13(17)10-8-11(19-9-10)4-5-12(15)16/h4-5,8-9H,2-3,6-7H2,1H3,(H,14,17)(H,15,16). The highest BCUT2D eigenvalue weighted by atomic mass is 32.1. The topological polar surface area (TPSA) is 75.6 Å². The number of nitrogens with one attached hydrogen (secondary N) is 1. The summed E-state index contributed by atoms with van der Waals surface area (Å²) in [5.41, 5.74) is 0.548. The van der Waals surface area contributed by atoms with Crippen LogP contribution in [0.15, 0.2) is 17.5 Å². The third kappa shape index (κ3) is 6.17. The molecule has 1 aromatic rings. The van der Waals surface area contributed by atoms with Gasteiger partial charge in [-0.25, -0.2) is 4.79 Å². The molecule has 1 amide bonds. The molecule has 5 nitrogen and oxygen atoms in total. The fraction of sp³-hybridized carbons (Fsp3) is 0.385. The Balaban J connectivity index is 2.38. The number of carboxylic acid groups (broad SMARTS) is 1. The van der Waals surface area contributed by atoms with E-state index in [1.54, 1.807) is 11.4 Å². The fourth-order valence-corrected chi connectivity index (χ4v) is 2.12. The summed E-state index contributed by atoms with van der Waals surface area (Å²) in [4.78, 5) is 22.8. The molecule has 104 valence electrons. The fourth-order valence-electron chi connectivity index (χ4n) is 1.34. The van der Waals surface area contributed by atoms with Gasteiger partial charge in [-0.3, -0.25) is 4.79 Å². The lowest BCUT2D eigenvalue weighted by Gasteiger charge is -2.03. The Hall–Kier alpha value is -1.66. The van der Waals surface area contributed by atoms with Gasteiger partial charge in [-0.15, -0.1) is 11.3 Å². The van der Waals surface area contributed by atoms with Crippen LogP contribution in [0.4, 0.5) is 0 Å². The van der Waals surface area contributed by atoms with Gasteiger partial charge in [0.1, 0.15) is 0 Å². The molecule has 1 heterocycles. The van der Waals surface area contributed by atoms with E-state index in [1.807, 2.05) is 6.92 Å². The molecule has 6 heteroatoms. The van der Waals surface area contributed by atoms with Crippen LogP contribution in [0.1, 0.15) is 28.6 Å². The van der Waals surface area contributed by atoms with Crippen molar-refractivity contribution >= 4 is 29.3 Å². The van der Waals surface area contributed by atoms with Gasteiger partial charge < -0.3 is 15.2 Å². The van der Waals surface area contributed by atoms with Crippen molar-refractivity contribution in [2.24, 2.45) is 0 Å². The molecule has 0 atom stereocenters. The monoisotopic (exact) mass is 283 g/mol. The molecule has 0 saturated heterocycles. The molecule has 0 radical (unpaired) electrons. The SMILES string of the molecule is CCOCCCNC(=O)c1csc(C=CC(=O)O)c1. The Morgan fingerprint density at radius 3 is 3.00 bits per heavy atom. The smallest absolute Gasteiger partial charge is 0.328 e. The number of amides is 1. The van der Waals surface area contributed by atoms with Crippen LogP contribution in [-0.4, -0.2) is 36.7 Å². The number of carbonyl (C=O) groups is 2. The summed E-state index contributed by atoms with van der Waals surface area (Å²) in [7, 11) is 0. The van der Waals surface area contributed by atoms with Gasteiger partial charge in [0.05, 0.1) is 5.56 Å². The van der Waals surface area contributed by atoms with E-state index in [1.165, 1.54) is 17.4 Å². The second-order valence-corrected chi connectivity index (χ2v) is 4.66. The van der Waals surface area contributed by atoms with Gasteiger partial charge in [-0.1, -0.05) is 0 Å². The Morgan fingerprint density at radius 2 is 2.32 bits per heavy atom. The Morgan fingerprint density at radius 1 is 1.53 bits per heavy atom. The van der Waals surface area contributed by atoms with Crippen LogP contribution in [0.5, 0.6) is 0 Å². The average Bonchev–Trinajstić information content (AvgIpc) is 2.84. The van der Waals surface area contributed by atoms with Crippen molar-refractivity contribution in [2.45, 2.75) is 13.3 Å². The Labute approximate surface area is 115 Å². The average molecular weight is 283 g/mol. The second kappa shape index (κ2) is 8.44. The molecular formula is C13H17NO4S. The van der Waals surface area contributed by atoms with Crippen LogP contribution in [0, 0.1) is 0 Å². The molecule has 0 aliphatic heterocycles. The summed E-state index contributed by atoms with van der Waals surface area (Å²) in [6, 6.07) is 1.67. The maximum absolute atomic E-state index is 11.7. The summed E-state index contributed by atoms with van der Waals surface area (Å²) in [5.74, 6) is -1.15. The minimum absolute atomic E-state index is 0.150. The van der Waals surface area contributed by atoms with E-state index in [2.05, 4.69) is 5.32 Å². The summed E-state index contributed by atoms with van der Waals surface area (Å²) in [5, 5.41) is 13.0. The zero-order valence-electron chi connectivity index (χ0n) is 10.7. The highest BCUT2D eigenvalue weighted by Crippen LogP contribution is 2.16. The first kappa shape index (κ1) is 15.4. The van der Waals surface area contributed by atoms with Gasteiger partial charge in [0.25, 0.3) is 5.91 Å². The largest absolute Gasteiger partial charge is 0.478 e. The number of carboxylic acids is 1. The summed E-state index contributed by atoms with van der Waals surface area (Å²) >= 11 is 1.33. The summed E-state index contributed by atoms with van der Waals surface area (Å²) in [6.45, 7) is 3.80. The van der Waals surface area contributed by atoms with Crippen molar-refractivity contribution in [1.82, 2.24) is 5.32 Å². The molecule has 0 aromatic carbocycles. The lowest BCUT2D eigenvalue weighted by atomic mass is 10.2. The molecule has 19 heavy (non-hydrogen) atoms. The van der Waals surface area contributed by atoms with E-state index in [-0.39, 0.29) is 5.91 Å². The summed E-state index contributed by atoms with van der Waals surface area (Å²) < 4.78 is 5.17. The van der Waals surface area contributed by atoms with E-state index in [9.17, 15) is 9.59 Å². The maximum Gasteiger partial charge on any atom is 0.328 e. The van der Waals surface area contributed by atoms with Crippen LogP contribution in [0.3, 0.4) is 0 Å². The van der Waals surface area contributed by atoms with E-state index in [0.717, 1.165) is 17.4 Å². The lowest BCUT2D eigenvalue weighted by Crippen LogP contribution is -2.24. The predicted molar refractivity (Wildman–Crippen MR) is 74.4 cm³/mol. The van der Waals surface area contributed by atoms with Crippen molar-refractivity contribution in [2.75, 3.05) is 19.8 Å². The Bertz CT molecular complexity index is 453. The molecule has 0 aliphatic rings. The molecule has 1 aromatic heterocycles. The zero-order valence-corrected chi connectivity index (χ0v) is 11.5. The number of thiophene rings is 1. The normalized spacial score (nSPS) is 10.8. The number of hydrogen-bond acceptors (Lipinski definition) is 4. The van der Waals surface area contributed by atoms with Crippen molar-refractivity contribution in [1.29, 1.82) is 0 Å². The van der Waals surface area contributed by atoms with Crippen LogP contribution in [0.2, 0.25) is 0 Å². The zero-order chi connectivity index (χ0) is 14.1. The first-order valence-electron chi connectivity index (χ1n) is 5.99. The van der Waals surface area contributed by atoms with Gasteiger partial charge in [-0.2, -0.15) is 0 Å². The van der Waals surface area contributed by atoms with E-state index in [4.69, 9.17) is 9.84 Å². The number of aliphatic carboxylic acids is 1. The van der Waals surface area contributed by atoms with Crippen molar-refractivity contribution in [3.63, 3.8) is 0 Å². The van der Waals surface area contributed by atoms with Gasteiger partial charge in [-0.05, 0) is 25.5 Å². The minimum Gasteiger partial charge on any atom is -0.478 e. The number of ether oxygens (including phenoxy) is 1. The van der Waals surface area contributed by atoms with Gasteiger partial charge in [0.15, 0.2) is 0 Å². The quantitative estimate of drug-likeness (QED) is 0.565. The van der Waals surface area contributed by atoms with E-state index in [0.29, 0.717) is 25.3 Å². The molecule has 0 spiro atoms. The van der Waals surface area contributed by atoms with Crippen LogP contribution in [-0.2, 0) is 9.53 Å². The van der Waals surface area contributed by atoms with Crippen LogP contribution in [0.25, 0.3) is 6.08 Å². The van der Waals surface area contributed by atoms with E-state index < -0.39 is 5.97 Å². The lowest BCUT2D eigenvalue weighted by molar-refractivity contribution is -0.131. The second-order valence-electron chi connectivity index (χ2n) is 3.72. The molecule has 2 N–H and O–H groups in total. The molecule has 0 aliphatic carbocycles. The first-order chi connectivity index (χ1) is 9.13. The molecule has 0 fully saturated rings. The van der Waals surface area contributed by atoms with Gasteiger partial charge >= 0.3 is 5.97 Å². The maximum atomic E-state index is 11.7. The van der Waals surface area contributed by atoms with Gasteiger partial charge in [0.2, 0.25) is 0 Å². The highest BCUT2D eigenvalue weighted by Gasteiger charge is 2.07. The highest BCUT2D eigenvalue weighted by molar-refractivity contribution is 7.11. The molecule has 0 bridgehead atoms. The molecular weight excluding hydrogens is 266 g/mol. The van der Waals surface area contributed by atoms with Crippen molar-refractivity contribution < 1.29 is 19.4 Å². The number of rotatable bonds is 8. The number of hydrogen-bond donors (Lipinski definition) is 2. The van der Waals surface area contributed by atoms with E-state index >= 15 is 0 Å². The minimum atomic E-state index is -1.00. The van der Waals surface area contributed by atoms with Crippen LogP contribution >= 0.6 is 11.3 Å². The molecule has 1 rings (SSSR count). The number of carbonyl (C=O) groups excluding carboxylic acids is 1. The molecule has 0 unspecified atom stereocenters. The predicted octanol–water partition coefficient (Wildman–Crippen LogP) is 2.00.